The number of fused-ring (bicyclic) bond motifs is 2. The van der Waals surface area contributed by atoms with Gasteiger partial charge in [0.1, 0.15) is 23.1 Å². The van der Waals surface area contributed by atoms with Gasteiger partial charge < -0.3 is 25.2 Å². The van der Waals surface area contributed by atoms with E-state index in [0.717, 1.165) is 12.5 Å². The number of carbonyl (C=O) groups excluding carboxylic acids is 2. The van der Waals surface area contributed by atoms with Crippen LogP contribution in [0.3, 0.4) is 0 Å². The van der Waals surface area contributed by atoms with Gasteiger partial charge in [0.15, 0.2) is 6.10 Å². The molecule has 31 heavy (non-hydrogen) atoms. The molecule has 3 aliphatic heterocycles. The highest BCUT2D eigenvalue weighted by Gasteiger charge is 2.53. The molecular weight excluding hydrogens is 410 g/mol. The summed E-state index contributed by atoms with van der Waals surface area (Å²) in [5, 5.41) is 23.9. The van der Waals surface area contributed by atoms with Gasteiger partial charge in [-0.25, -0.2) is 8.78 Å². The van der Waals surface area contributed by atoms with E-state index in [-0.39, 0.29) is 41.8 Å². The van der Waals surface area contributed by atoms with Gasteiger partial charge in [-0.2, -0.15) is 0 Å². The zero-order chi connectivity index (χ0) is 22.3. The van der Waals surface area contributed by atoms with Crippen LogP contribution in [0.5, 0.6) is 0 Å². The van der Waals surface area contributed by atoms with E-state index in [4.69, 9.17) is 4.74 Å². The van der Waals surface area contributed by atoms with Gasteiger partial charge in [-0.3, -0.25) is 9.59 Å². The molecule has 0 aromatic heterocycles. The van der Waals surface area contributed by atoms with Crippen molar-refractivity contribution in [2.24, 2.45) is 5.41 Å². The maximum absolute atomic E-state index is 13.8. The van der Waals surface area contributed by atoms with E-state index in [0.29, 0.717) is 25.5 Å². The minimum atomic E-state index is -1.76. The molecule has 4 rings (SSSR count). The number of amides is 1. The van der Waals surface area contributed by atoms with Crippen molar-refractivity contribution in [1.29, 1.82) is 0 Å². The molecule has 7 nitrogen and oxygen atoms in total. The Kier molecular flexibility index (Phi) is 5.57. The Hall–Kier alpha value is -2.78. The monoisotopic (exact) mass is 434 g/mol. The van der Waals surface area contributed by atoms with Crippen LogP contribution in [0.15, 0.2) is 41.4 Å². The van der Waals surface area contributed by atoms with Crippen molar-refractivity contribution in [1.82, 2.24) is 10.2 Å². The molecule has 1 saturated heterocycles. The molecule has 166 valence electrons. The average Bonchev–Trinajstić information content (AvgIpc) is 2.75. The number of ether oxygens (including phenoxy) is 1. The summed E-state index contributed by atoms with van der Waals surface area (Å²) < 4.78 is 32.7. The Morgan fingerprint density at radius 3 is 2.87 bits per heavy atom. The molecule has 1 fully saturated rings. The number of halogens is 2. The molecule has 3 heterocycles. The summed E-state index contributed by atoms with van der Waals surface area (Å²) in [6.45, 7) is 2.47. The molecule has 1 aromatic carbocycles. The normalized spacial score (nSPS) is 28.1. The third-order valence-electron chi connectivity index (χ3n) is 6.47. The summed E-state index contributed by atoms with van der Waals surface area (Å²) in [4.78, 5) is 27.0. The van der Waals surface area contributed by atoms with Gasteiger partial charge in [-0.05, 0) is 25.3 Å². The van der Waals surface area contributed by atoms with Gasteiger partial charge in [0.05, 0.1) is 23.6 Å². The van der Waals surface area contributed by atoms with E-state index in [2.05, 4.69) is 5.32 Å². The summed E-state index contributed by atoms with van der Waals surface area (Å²) in [7, 11) is 0. The lowest BCUT2D eigenvalue weighted by atomic mass is 9.69. The van der Waals surface area contributed by atoms with Crippen LogP contribution in [0.25, 0.3) is 0 Å². The highest BCUT2D eigenvalue weighted by atomic mass is 19.1. The first-order valence-corrected chi connectivity index (χ1v) is 10.3. The standard InChI is InChI=1S/C22H24F2N2O5/c1-2-22-6-3-7-31-16(22)11-26-10-14(18(27)19(28)17(26)20(22)29)21(30)25-9-12-4-5-13(23)8-15(12)24/h4-5,8,10,16,18,27,29H,2-3,6-7,9,11H2,1H3,(H,25,30)/t16-,18?,22+/m1/s1. The quantitative estimate of drug-likeness (QED) is 0.671. The van der Waals surface area contributed by atoms with Gasteiger partial charge in [-0.1, -0.05) is 13.0 Å². The lowest BCUT2D eigenvalue weighted by molar-refractivity contribution is -0.133. The number of Topliss-reactive ketones (excluding diaryl/α,β-unsaturated/α-hetero) is 1. The molecule has 3 atom stereocenters. The third kappa shape index (κ3) is 3.51. The first-order chi connectivity index (χ1) is 14.8. The zero-order valence-corrected chi connectivity index (χ0v) is 17.0. The van der Waals surface area contributed by atoms with Crippen molar-refractivity contribution < 1.29 is 33.3 Å². The third-order valence-corrected chi connectivity index (χ3v) is 6.47. The van der Waals surface area contributed by atoms with Crippen molar-refractivity contribution in [2.45, 2.75) is 44.9 Å². The first kappa shape index (κ1) is 21.5. The fourth-order valence-corrected chi connectivity index (χ4v) is 4.66. The molecular formula is C22H24F2N2O5. The number of hydrogen-bond acceptors (Lipinski definition) is 6. The SMILES string of the molecule is CC[C@]12CCCO[C@@H]1CN1C=C(C(=O)NCc3ccc(F)cc3F)C(O)C(=O)C1=C2O. The molecule has 3 aliphatic rings. The van der Waals surface area contributed by atoms with E-state index in [9.17, 15) is 28.6 Å². The van der Waals surface area contributed by atoms with E-state index in [1.807, 2.05) is 6.92 Å². The summed E-state index contributed by atoms with van der Waals surface area (Å²) >= 11 is 0. The fraction of sp³-hybridized carbons (Fsp3) is 0.455. The first-order valence-electron chi connectivity index (χ1n) is 10.3. The van der Waals surface area contributed by atoms with Crippen LogP contribution >= 0.6 is 0 Å². The number of aliphatic hydroxyl groups excluding tert-OH is 2. The Morgan fingerprint density at radius 1 is 1.39 bits per heavy atom. The molecule has 3 N–H and O–H groups in total. The number of hydrogen-bond donors (Lipinski definition) is 3. The molecule has 0 aliphatic carbocycles. The molecule has 1 aromatic rings. The van der Waals surface area contributed by atoms with Crippen molar-refractivity contribution in [2.75, 3.05) is 13.2 Å². The van der Waals surface area contributed by atoms with Crippen molar-refractivity contribution in [3.05, 3.63) is 58.6 Å². The Morgan fingerprint density at radius 2 is 2.16 bits per heavy atom. The molecule has 1 unspecified atom stereocenters. The highest BCUT2D eigenvalue weighted by molar-refractivity contribution is 6.09. The Bertz CT molecular complexity index is 992. The van der Waals surface area contributed by atoms with Crippen molar-refractivity contribution in [3.8, 4) is 0 Å². The van der Waals surface area contributed by atoms with Crippen molar-refractivity contribution in [3.63, 3.8) is 0 Å². The number of nitrogens with one attached hydrogen (secondary N) is 1. The largest absolute Gasteiger partial charge is 0.509 e. The van der Waals surface area contributed by atoms with Crippen LogP contribution in [-0.4, -0.2) is 52.2 Å². The Balaban J connectivity index is 1.60. The van der Waals surface area contributed by atoms with Gasteiger partial charge in [-0.15, -0.1) is 0 Å². The minimum Gasteiger partial charge on any atom is -0.509 e. The Labute approximate surface area is 178 Å². The van der Waals surface area contributed by atoms with E-state index in [1.165, 1.54) is 17.2 Å². The zero-order valence-electron chi connectivity index (χ0n) is 17.0. The minimum absolute atomic E-state index is 0.0165. The van der Waals surface area contributed by atoms with Crippen LogP contribution in [0.2, 0.25) is 0 Å². The smallest absolute Gasteiger partial charge is 0.252 e. The molecule has 0 bridgehead atoms. The number of aliphatic hydroxyl groups is 2. The summed E-state index contributed by atoms with van der Waals surface area (Å²) in [6.07, 6.45) is 1.20. The summed E-state index contributed by atoms with van der Waals surface area (Å²) in [6, 6.07) is 2.98. The molecule has 0 spiro atoms. The predicted molar refractivity (Wildman–Crippen MR) is 105 cm³/mol. The van der Waals surface area contributed by atoms with Gasteiger partial charge in [0.2, 0.25) is 5.78 Å². The van der Waals surface area contributed by atoms with Crippen LogP contribution in [0.4, 0.5) is 8.78 Å². The topological polar surface area (TPSA) is 99.1 Å². The van der Waals surface area contributed by atoms with Crippen LogP contribution < -0.4 is 5.32 Å². The average molecular weight is 434 g/mol. The van der Waals surface area contributed by atoms with Crippen LogP contribution in [0.1, 0.15) is 31.7 Å². The number of carbonyl (C=O) groups is 2. The fourth-order valence-electron chi connectivity index (χ4n) is 4.66. The van der Waals surface area contributed by atoms with Gasteiger partial charge >= 0.3 is 0 Å². The number of benzene rings is 1. The number of ketones is 1. The second-order valence-electron chi connectivity index (χ2n) is 8.09. The van der Waals surface area contributed by atoms with E-state index >= 15 is 0 Å². The van der Waals surface area contributed by atoms with E-state index < -0.39 is 34.8 Å². The summed E-state index contributed by atoms with van der Waals surface area (Å²) in [5.74, 6) is -3.19. The highest BCUT2D eigenvalue weighted by Crippen LogP contribution is 2.49. The second kappa shape index (κ2) is 8.05. The maximum atomic E-state index is 13.8. The number of rotatable bonds is 4. The van der Waals surface area contributed by atoms with Gasteiger partial charge in [0, 0.05) is 31.0 Å². The van der Waals surface area contributed by atoms with E-state index in [1.54, 1.807) is 0 Å². The van der Waals surface area contributed by atoms with Crippen LogP contribution in [-0.2, 0) is 20.9 Å². The summed E-state index contributed by atoms with van der Waals surface area (Å²) in [5.41, 5.74) is -0.861. The van der Waals surface area contributed by atoms with Crippen molar-refractivity contribution >= 4 is 11.7 Å². The lowest BCUT2D eigenvalue weighted by Crippen LogP contribution is -2.56. The van der Waals surface area contributed by atoms with Crippen LogP contribution in [0, 0.1) is 17.0 Å². The molecule has 0 saturated carbocycles. The molecule has 1 amide bonds. The lowest BCUT2D eigenvalue weighted by Gasteiger charge is -2.50. The molecule has 9 heteroatoms. The number of nitrogens with zero attached hydrogens (tertiary/aromatic N) is 1. The predicted octanol–water partition coefficient (Wildman–Crippen LogP) is 2.07. The maximum Gasteiger partial charge on any atom is 0.252 e. The van der Waals surface area contributed by atoms with Gasteiger partial charge in [0.25, 0.3) is 5.91 Å². The second-order valence-corrected chi connectivity index (χ2v) is 8.09. The molecule has 0 radical (unpaired) electrons.